The maximum absolute atomic E-state index is 12.5. The van der Waals surface area contributed by atoms with E-state index in [1.165, 1.54) is 14.2 Å². The number of hydrogen-bond acceptors (Lipinski definition) is 7. The molecule has 27 heavy (non-hydrogen) atoms. The van der Waals surface area contributed by atoms with Crippen molar-refractivity contribution in [2.24, 2.45) is 0 Å². The first-order valence-corrected chi connectivity index (χ1v) is 8.84. The van der Waals surface area contributed by atoms with Crippen LogP contribution in [0.5, 0.6) is 11.8 Å². The molecule has 10 nitrogen and oxygen atoms in total. The second kappa shape index (κ2) is 8.19. The highest BCUT2D eigenvalue weighted by Crippen LogP contribution is 2.28. The van der Waals surface area contributed by atoms with Gasteiger partial charge in [0.05, 0.1) is 20.3 Å². The first-order valence-electron chi connectivity index (χ1n) is 8.84. The first kappa shape index (κ1) is 18.9. The zero-order valence-corrected chi connectivity index (χ0v) is 15.4. The lowest BCUT2D eigenvalue weighted by Crippen LogP contribution is -2.54. The molecule has 2 aliphatic rings. The van der Waals surface area contributed by atoms with Crippen molar-refractivity contribution in [1.82, 2.24) is 25.1 Å². The second-order valence-corrected chi connectivity index (χ2v) is 6.43. The Bertz CT molecular complexity index is 694. The number of nitrogens with one attached hydrogen (secondary N) is 1. The van der Waals surface area contributed by atoms with Crippen molar-refractivity contribution in [3.8, 4) is 11.8 Å². The average Bonchev–Trinajstić information content (AvgIpc) is 2.70. The van der Waals surface area contributed by atoms with E-state index in [0.717, 1.165) is 4.90 Å². The predicted molar refractivity (Wildman–Crippen MR) is 93.4 cm³/mol. The van der Waals surface area contributed by atoms with E-state index in [2.05, 4.69) is 15.3 Å². The van der Waals surface area contributed by atoms with Crippen molar-refractivity contribution >= 4 is 17.8 Å². The molecule has 3 heterocycles. The lowest BCUT2D eigenvalue weighted by atomic mass is 9.96. The number of carbonyl (C=O) groups is 3. The summed E-state index contributed by atoms with van der Waals surface area (Å²) in [4.78, 5) is 47.5. The average molecular weight is 377 g/mol. The van der Waals surface area contributed by atoms with Crippen LogP contribution in [0.4, 0.5) is 4.79 Å². The third kappa shape index (κ3) is 4.26. The molecule has 146 valence electrons. The van der Waals surface area contributed by atoms with Crippen LogP contribution in [0.2, 0.25) is 0 Å². The van der Waals surface area contributed by atoms with Gasteiger partial charge in [-0.05, 0) is 12.8 Å². The maximum Gasteiger partial charge on any atom is 0.324 e. The number of amides is 4. The highest BCUT2D eigenvalue weighted by Gasteiger charge is 2.31. The third-order valence-corrected chi connectivity index (χ3v) is 4.78. The van der Waals surface area contributed by atoms with E-state index < -0.39 is 6.03 Å². The summed E-state index contributed by atoms with van der Waals surface area (Å²) in [6.07, 6.45) is 1.58. The fourth-order valence-corrected chi connectivity index (χ4v) is 3.22. The van der Waals surface area contributed by atoms with Crippen LogP contribution in [0.15, 0.2) is 6.07 Å². The molecule has 1 aromatic rings. The number of methoxy groups -OCH3 is 2. The molecule has 0 spiro atoms. The number of carbonyl (C=O) groups excluding carboxylic acids is 3. The van der Waals surface area contributed by atoms with Gasteiger partial charge in [0.25, 0.3) is 0 Å². The normalized spacial score (nSPS) is 18.3. The Morgan fingerprint density at radius 3 is 2.37 bits per heavy atom. The molecule has 0 bridgehead atoms. The van der Waals surface area contributed by atoms with Gasteiger partial charge in [-0.3, -0.25) is 14.5 Å². The SMILES string of the molecule is COc1cc(OC)nc(C2CCN(C(=O)CN3C(=O)CCNC3=O)CC2)n1. The zero-order chi connectivity index (χ0) is 19.4. The minimum atomic E-state index is -0.508. The monoisotopic (exact) mass is 377 g/mol. The molecule has 1 N–H and O–H groups in total. The number of rotatable bonds is 5. The van der Waals surface area contributed by atoms with E-state index in [9.17, 15) is 14.4 Å². The molecule has 0 aliphatic carbocycles. The molecule has 1 aromatic heterocycles. The fourth-order valence-electron chi connectivity index (χ4n) is 3.22. The van der Waals surface area contributed by atoms with Crippen molar-refractivity contribution in [3.05, 3.63) is 11.9 Å². The summed E-state index contributed by atoms with van der Waals surface area (Å²) < 4.78 is 10.4. The summed E-state index contributed by atoms with van der Waals surface area (Å²) in [5.41, 5.74) is 0. The van der Waals surface area contributed by atoms with Gasteiger partial charge in [0.1, 0.15) is 12.4 Å². The smallest absolute Gasteiger partial charge is 0.324 e. The van der Waals surface area contributed by atoms with Crippen LogP contribution in [0.3, 0.4) is 0 Å². The quantitative estimate of drug-likeness (QED) is 0.776. The van der Waals surface area contributed by atoms with E-state index in [1.807, 2.05) is 0 Å². The third-order valence-electron chi connectivity index (χ3n) is 4.78. The van der Waals surface area contributed by atoms with Crippen LogP contribution >= 0.6 is 0 Å². The van der Waals surface area contributed by atoms with E-state index in [4.69, 9.17) is 9.47 Å². The van der Waals surface area contributed by atoms with Crippen LogP contribution in [-0.4, -0.2) is 78.0 Å². The summed E-state index contributed by atoms with van der Waals surface area (Å²) >= 11 is 0. The van der Waals surface area contributed by atoms with Gasteiger partial charge in [0.2, 0.25) is 23.6 Å². The van der Waals surface area contributed by atoms with Crippen LogP contribution in [0, 0.1) is 0 Å². The van der Waals surface area contributed by atoms with Crippen molar-refractivity contribution < 1.29 is 23.9 Å². The van der Waals surface area contributed by atoms with Gasteiger partial charge in [-0.1, -0.05) is 0 Å². The molecule has 2 saturated heterocycles. The number of likely N-dealkylation sites (tertiary alicyclic amines) is 1. The van der Waals surface area contributed by atoms with Gasteiger partial charge in [-0.25, -0.2) is 4.79 Å². The Hall–Kier alpha value is -2.91. The molecule has 0 saturated carbocycles. The Labute approximate surface area is 156 Å². The zero-order valence-electron chi connectivity index (χ0n) is 15.4. The number of ether oxygens (including phenoxy) is 2. The summed E-state index contributed by atoms with van der Waals surface area (Å²) in [6.45, 7) is 1.11. The van der Waals surface area contributed by atoms with Crippen LogP contribution in [0.25, 0.3) is 0 Å². The van der Waals surface area contributed by atoms with Gasteiger partial charge >= 0.3 is 6.03 Å². The first-order chi connectivity index (χ1) is 13.0. The van der Waals surface area contributed by atoms with Gasteiger partial charge < -0.3 is 19.7 Å². The largest absolute Gasteiger partial charge is 0.481 e. The lowest BCUT2D eigenvalue weighted by Gasteiger charge is -2.33. The maximum atomic E-state index is 12.5. The van der Waals surface area contributed by atoms with Gasteiger partial charge in [0.15, 0.2) is 0 Å². The van der Waals surface area contributed by atoms with Crippen LogP contribution < -0.4 is 14.8 Å². The lowest BCUT2D eigenvalue weighted by molar-refractivity contribution is -0.139. The summed E-state index contributed by atoms with van der Waals surface area (Å²) in [6, 6.07) is 1.11. The molecule has 0 aromatic carbocycles. The molecule has 2 aliphatic heterocycles. The fraction of sp³-hybridized carbons (Fsp3) is 0.588. The van der Waals surface area contributed by atoms with Crippen molar-refractivity contribution in [3.63, 3.8) is 0 Å². The van der Waals surface area contributed by atoms with E-state index >= 15 is 0 Å². The van der Waals surface area contributed by atoms with Gasteiger partial charge in [-0.2, -0.15) is 9.97 Å². The van der Waals surface area contributed by atoms with E-state index in [1.54, 1.807) is 11.0 Å². The molecule has 4 amide bonds. The molecule has 0 atom stereocenters. The highest BCUT2D eigenvalue weighted by molar-refractivity contribution is 6.00. The Morgan fingerprint density at radius 1 is 1.19 bits per heavy atom. The molecule has 2 fully saturated rings. The number of imide groups is 1. The number of piperidine rings is 1. The van der Waals surface area contributed by atoms with Gasteiger partial charge in [-0.15, -0.1) is 0 Å². The van der Waals surface area contributed by atoms with Crippen LogP contribution in [-0.2, 0) is 9.59 Å². The Balaban J connectivity index is 1.59. The summed E-state index contributed by atoms with van der Waals surface area (Å²) in [7, 11) is 3.07. The Morgan fingerprint density at radius 2 is 1.81 bits per heavy atom. The van der Waals surface area contributed by atoms with E-state index in [-0.39, 0.29) is 30.7 Å². The van der Waals surface area contributed by atoms with Gasteiger partial charge in [0, 0.05) is 32.0 Å². The topological polar surface area (TPSA) is 114 Å². The van der Waals surface area contributed by atoms with E-state index in [0.29, 0.717) is 50.1 Å². The molecule has 3 rings (SSSR count). The number of hydrogen-bond donors (Lipinski definition) is 1. The standard InChI is InChI=1S/C17H23N5O5/c1-26-12-9-13(27-2)20-16(19-12)11-4-7-21(8-5-11)15(24)10-22-14(23)3-6-18-17(22)25/h9,11H,3-8,10H2,1-2H3,(H,18,25). The summed E-state index contributed by atoms with van der Waals surface area (Å²) in [5.74, 6) is 1.03. The predicted octanol–water partition coefficient (Wildman–Crippen LogP) is 0.142. The molecule has 10 heteroatoms. The molecule has 0 radical (unpaired) electrons. The number of aromatic nitrogens is 2. The summed E-state index contributed by atoms with van der Waals surface area (Å²) in [5, 5.41) is 2.58. The minimum Gasteiger partial charge on any atom is -0.481 e. The highest BCUT2D eigenvalue weighted by atomic mass is 16.5. The molecular weight excluding hydrogens is 354 g/mol. The Kier molecular flexibility index (Phi) is 5.72. The minimum absolute atomic E-state index is 0.0815. The van der Waals surface area contributed by atoms with Crippen molar-refractivity contribution in [1.29, 1.82) is 0 Å². The second-order valence-electron chi connectivity index (χ2n) is 6.43. The number of urea groups is 1. The molecular formula is C17H23N5O5. The number of nitrogens with zero attached hydrogens (tertiary/aromatic N) is 4. The van der Waals surface area contributed by atoms with Crippen LogP contribution in [0.1, 0.15) is 31.0 Å². The van der Waals surface area contributed by atoms with Crippen molar-refractivity contribution in [2.45, 2.75) is 25.2 Å². The molecule has 0 unspecified atom stereocenters. The van der Waals surface area contributed by atoms with Crippen molar-refractivity contribution in [2.75, 3.05) is 40.4 Å².